The second kappa shape index (κ2) is 5.45. The molecular weight excluding hydrogens is 204 g/mol. The van der Waals surface area contributed by atoms with Crippen molar-refractivity contribution in [1.29, 1.82) is 0 Å². The van der Waals surface area contributed by atoms with Gasteiger partial charge in [-0.2, -0.15) is 0 Å². The first-order valence-corrected chi connectivity index (χ1v) is 6.44. The summed E-state index contributed by atoms with van der Waals surface area (Å²) >= 11 is 1.80. The van der Waals surface area contributed by atoms with Gasteiger partial charge >= 0.3 is 0 Å². The fraction of sp³-hybridized carbons (Fsp3) is 0.615. The number of hydrogen-bond donors (Lipinski definition) is 0. The van der Waals surface area contributed by atoms with Gasteiger partial charge in [-0.1, -0.05) is 26.8 Å². The molecule has 0 radical (unpaired) electrons. The molecule has 0 amide bonds. The minimum Gasteiger partial charge on any atom is -0.299 e. The second-order valence-corrected chi connectivity index (χ2v) is 5.99. The van der Waals surface area contributed by atoms with Gasteiger partial charge in [-0.3, -0.25) is 4.79 Å². The maximum absolute atomic E-state index is 11.6. The standard InChI is InChI=1S/C13H20OS/c1-13(2,3)12(14)9-5-4-7-11-8-6-10-15-11/h6,8,10H,4-5,7,9H2,1-3H3. The van der Waals surface area contributed by atoms with Gasteiger partial charge in [0.1, 0.15) is 5.78 Å². The van der Waals surface area contributed by atoms with Crippen molar-refractivity contribution >= 4 is 17.1 Å². The van der Waals surface area contributed by atoms with Crippen molar-refractivity contribution in [3.8, 4) is 0 Å². The summed E-state index contributed by atoms with van der Waals surface area (Å²) in [5.74, 6) is 0.383. The van der Waals surface area contributed by atoms with Crippen LogP contribution in [0.2, 0.25) is 0 Å². The molecule has 0 aromatic carbocycles. The van der Waals surface area contributed by atoms with Crippen LogP contribution in [0.1, 0.15) is 44.9 Å². The number of rotatable bonds is 5. The minimum absolute atomic E-state index is 0.164. The van der Waals surface area contributed by atoms with Gasteiger partial charge in [0, 0.05) is 16.7 Å². The van der Waals surface area contributed by atoms with Crippen LogP contribution in [-0.2, 0) is 11.2 Å². The number of carbonyl (C=O) groups is 1. The molecule has 1 nitrogen and oxygen atoms in total. The van der Waals surface area contributed by atoms with Crippen molar-refractivity contribution in [2.45, 2.75) is 46.5 Å². The topological polar surface area (TPSA) is 17.1 Å². The first kappa shape index (κ1) is 12.4. The lowest BCUT2D eigenvalue weighted by atomic mass is 9.88. The fourth-order valence-corrected chi connectivity index (χ4v) is 2.17. The molecule has 0 aliphatic carbocycles. The third kappa shape index (κ3) is 4.61. The molecule has 0 atom stereocenters. The summed E-state index contributed by atoms with van der Waals surface area (Å²) in [6, 6.07) is 4.25. The van der Waals surface area contributed by atoms with Gasteiger partial charge in [-0.25, -0.2) is 0 Å². The van der Waals surface area contributed by atoms with Crippen molar-refractivity contribution in [3.63, 3.8) is 0 Å². The van der Waals surface area contributed by atoms with Crippen LogP contribution < -0.4 is 0 Å². The summed E-state index contributed by atoms with van der Waals surface area (Å²) in [5, 5.41) is 2.11. The fourth-order valence-electron chi connectivity index (χ4n) is 1.41. The van der Waals surface area contributed by atoms with Crippen LogP contribution >= 0.6 is 11.3 Å². The highest BCUT2D eigenvalue weighted by Gasteiger charge is 2.19. The van der Waals surface area contributed by atoms with Crippen molar-refractivity contribution in [2.24, 2.45) is 5.41 Å². The average molecular weight is 224 g/mol. The average Bonchev–Trinajstić information content (AvgIpc) is 2.63. The number of Topliss-reactive ketones (excluding diaryl/α,β-unsaturated/α-hetero) is 1. The molecule has 0 aliphatic rings. The molecule has 1 rings (SSSR count). The number of ketones is 1. The summed E-state index contributed by atoms with van der Waals surface area (Å²) in [4.78, 5) is 13.1. The summed E-state index contributed by atoms with van der Waals surface area (Å²) in [6.07, 6.45) is 4.00. The Morgan fingerprint density at radius 1 is 1.33 bits per heavy atom. The number of aryl methyl sites for hydroxylation is 1. The van der Waals surface area contributed by atoms with Gasteiger partial charge < -0.3 is 0 Å². The first-order valence-electron chi connectivity index (χ1n) is 5.56. The van der Waals surface area contributed by atoms with E-state index in [-0.39, 0.29) is 5.41 Å². The first-order chi connectivity index (χ1) is 7.00. The molecule has 0 unspecified atom stereocenters. The van der Waals surface area contributed by atoms with E-state index in [0.29, 0.717) is 5.78 Å². The van der Waals surface area contributed by atoms with Gasteiger partial charge in [0.15, 0.2) is 0 Å². The van der Waals surface area contributed by atoms with E-state index in [1.807, 2.05) is 20.8 Å². The Balaban J connectivity index is 2.15. The van der Waals surface area contributed by atoms with E-state index in [9.17, 15) is 4.79 Å². The van der Waals surface area contributed by atoms with Crippen molar-refractivity contribution in [3.05, 3.63) is 22.4 Å². The van der Waals surface area contributed by atoms with E-state index >= 15 is 0 Å². The summed E-state index contributed by atoms with van der Waals surface area (Å²) in [7, 11) is 0. The molecule has 0 saturated carbocycles. The van der Waals surface area contributed by atoms with Crippen LogP contribution in [0.4, 0.5) is 0 Å². The van der Waals surface area contributed by atoms with E-state index in [4.69, 9.17) is 0 Å². The Hall–Kier alpha value is -0.630. The Bertz CT molecular complexity index is 293. The largest absolute Gasteiger partial charge is 0.299 e. The molecule has 0 aliphatic heterocycles. The van der Waals surface area contributed by atoms with Gasteiger partial charge in [-0.05, 0) is 30.7 Å². The quantitative estimate of drug-likeness (QED) is 0.689. The predicted molar refractivity (Wildman–Crippen MR) is 66.3 cm³/mol. The summed E-state index contributed by atoms with van der Waals surface area (Å²) in [6.45, 7) is 5.98. The molecule has 0 fully saturated rings. The number of thiophene rings is 1. The maximum Gasteiger partial charge on any atom is 0.138 e. The Morgan fingerprint density at radius 2 is 2.07 bits per heavy atom. The van der Waals surface area contributed by atoms with E-state index in [2.05, 4.69) is 17.5 Å². The molecule has 15 heavy (non-hydrogen) atoms. The van der Waals surface area contributed by atoms with Crippen LogP contribution in [0.15, 0.2) is 17.5 Å². The smallest absolute Gasteiger partial charge is 0.138 e. The third-order valence-electron chi connectivity index (χ3n) is 2.49. The maximum atomic E-state index is 11.6. The summed E-state index contributed by atoms with van der Waals surface area (Å²) < 4.78 is 0. The third-order valence-corrected chi connectivity index (χ3v) is 3.43. The SMILES string of the molecule is CC(C)(C)C(=O)CCCCc1cccs1. The van der Waals surface area contributed by atoms with Crippen LogP contribution in [0.5, 0.6) is 0 Å². The van der Waals surface area contributed by atoms with Crippen LogP contribution in [0.25, 0.3) is 0 Å². The molecule has 1 aromatic heterocycles. The minimum atomic E-state index is -0.164. The monoisotopic (exact) mass is 224 g/mol. The molecule has 84 valence electrons. The lowest BCUT2D eigenvalue weighted by Crippen LogP contribution is -2.19. The van der Waals surface area contributed by atoms with E-state index < -0.39 is 0 Å². The summed E-state index contributed by atoms with van der Waals surface area (Å²) in [5.41, 5.74) is -0.164. The Labute approximate surface area is 96.5 Å². The van der Waals surface area contributed by atoms with Crippen LogP contribution in [0, 0.1) is 5.41 Å². The molecule has 0 saturated heterocycles. The molecular formula is C13H20OS. The number of unbranched alkanes of at least 4 members (excludes halogenated alkanes) is 1. The highest BCUT2D eigenvalue weighted by molar-refractivity contribution is 7.09. The lowest BCUT2D eigenvalue weighted by molar-refractivity contribution is -0.126. The van der Waals surface area contributed by atoms with Crippen molar-refractivity contribution in [2.75, 3.05) is 0 Å². The Morgan fingerprint density at radius 3 is 2.60 bits per heavy atom. The predicted octanol–water partition coefficient (Wildman–Crippen LogP) is 4.08. The zero-order chi connectivity index (χ0) is 11.3. The van der Waals surface area contributed by atoms with Gasteiger partial charge in [-0.15, -0.1) is 11.3 Å². The molecule has 1 heterocycles. The van der Waals surface area contributed by atoms with Crippen molar-refractivity contribution in [1.82, 2.24) is 0 Å². The Kier molecular flexibility index (Phi) is 4.52. The zero-order valence-electron chi connectivity index (χ0n) is 9.88. The van der Waals surface area contributed by atoms with E-state index in [0.717, 1.165) is 25.7 Å². The van der Waals surface area contributed by atoms with Gasteiger partial charge in [0.2, 0.25) is 0 Å². The molecule has 0 spiro atoms. The van der Waals surface area contributed by atoms with Crippen molar-refractivity contribution < 1.29 is 4.79 Å². The van der Waals surface area contributed by atoms with Gasteiger partial charge in [0.25, 0.3) is 0 Å². The van der Waals surface area contributed by atoms with Gasteiger partial charge in [0.05, 0.1) is 0 Å². The molecule has 0 N–H and O–H groups in total. The normalized spacial score (nSPS) is 11.7. The zero-order valence-corrected chi connectivity index (χ0v) is 10.7. The molecule has 0 bridgehead atoms. The lowest BCUT2D eigenvalue weighted by Gasteiger charge is -2.15. The van der Waals surface area contributed by atoms with E-state index in [1.54, 1.807) is 11.3 Å². The second-order valence-electron chi connectivity index (χ2n) is 4.96. The molecule has 2 heteroatoms. The molecule has 1 aromatic rings. The highest BCUT2D eigenvalue weighted by atomic mass is 32.1. The van der Waals surface area contributed by atoms with Crippen LogP contribution in [0.3, 0.4) is 0 Å². The van der Waals surface area contributed by atoms with E-state index in [1.165, 1.54) is 4.88 Å². The number of carbonyl (C=O) groups excluding carboxylic acids is 1. The number of hydrogen-bond acceptors (Lipinski definition) is 2. The highest BCUT2D eigenvalue weighted by Crippen LogP contribution is 2.19. The van der Waals surface area contributed by atoms with Crippen LogP contribution in [-0.4, -0.2) is 5.78 Å².